The van der Waals surface area contributed by atoms with Crippen LogP contribution in [0.25, 0.3) is 0 Å². The summed E-state index contributed by atoms with van der Waals surface area (Å²) in [6, 6.07) is 11.7. The second-order valence-corrected chi connectivity index (χ2v) is 4.90. The molecule has 116 valence electrons. The number of ether oxygens (including phenoxy) is 4. The molecule has 0 atom stereocenters. The Morgan fingerprint density at radius 3 is 2.45 bits per heavy atom. The van der Waals surface area contributed by atoms with Gasteiger partial charge < -0.3 is 24.3 Å². The quantitative estimate of drug-likeness (QED) is 0.919. The van der Waals surface area contributed by atoms with Gasteiger partial charge >= 0.3 is 0 Å². The lowest BCUT2D eigenvalue weighted by atomic mass is 10.2. The minimum absolute atomic E-state index is 0.597. The van der Waals surface area contributed by atoms with E-state index in [1.807, 2.05) is 36.4 Å². The molecule has 1 N–H and O–H groups in total. The average molecular weight is 301 g/mol. The molecule has 22 heavy (non-hydrogen) atoms. The highest BCUT2D eigenvalue weighted by Gasteiger charge is 2.11. The third-order valence-electron chi connectivity index (χ3n) is 3.49. The van der Waals surface area contributed by atoms with Crippen molar-refractivity contribution >= 4 is 5.69 Å². The number of benzene rings is 2. The summed E-state index contributed by atoms with van der Waals surface area (Å²) in [5.74, 6) is 3.03. The summed E-state index contributed by atoms with van der Waals surface area (Å²) >= 11 is 0. The van der Waals surface area contributed by atoms with Crippen molar-refractivity contribution in [2.75, 3.05) is 32.8 Å². The topological polar surface area (TPSA) is 49.0 Å². The Labute approximate surface area is 129 Å². The Bertz CT molecular complexity index is 618. The summed E-state index contributed by atoms with van der Waals surface area (Å²) in [6.07, 6.45) is 0. The van der Waals surface area contributed by atoms with Crippen molar-refractivity contribution in [1.29, 1.82) is 0 Å². The van der Waals surface area contributed by atoms with Gasteiger partial charge in [-0.15, -0.1) is 0 Å². The van der Waals surface area contributed by atoms with Gasteiger partial charge in [-0.05, 0) is 29.8 Å². The number of hydrogen-bond donors (Lipinski definition) is 1. The smallest absolute Gasteiger partial charge is 0.162 e. The van der Waals surface area contributed by atoms with Gasteiger partial charge in [-0.2, -0.15) is 0 Å². The van der Waals surface area contributed by atoms with E-state index < -0.39 is 0 Å². The van der Waals surface area contributed by atoms with Gasteiger partial charge in [0.15, 0.2) is 23.0 Å². The van der Waals surface area contributed by atoms with E-state index in [9.17, 15) is 0 Å². The van der Waals surface area contributed by atoms with Crippen LogP contribution in [-0.4, -0.2) is 27.4 Å². The standard InChI is InChI=1S/C17H19NO4/c1-19-14-6-4-13(10-16(14)20-2)18-11-12-3-5-15-17(9-12)22-8-7-21-15/h3-6,9-10,18H,7-8,11H2,1-2H3. The summed E-state index contributed by atoms with van der Waals surface area (Å²) in [5.41, 5.74) is 2.09. The van der Waals surface area contributed by atoms with Crippen molar-refractivity contribution in [1.82, 2.24) is 0 Å². The zero-order valence-corrected chi connectivity index (χ0v) is 12.7. The Hall–Kier alpha value is -2.56. The lowest BCUT2D eigenvalue weighted by molar-refractivity contribution is 0.171. The molecule has 5 nitrogen and oxygen atoms in total. The molecule has 5 heteroatoms. The van der Waals surface area contributed by atoms with Gasteiger partial charge in [0, 0.05) is 18.3 Å². The molecule has 0 saturated heterocycles. The van der Waals surface area contributed by atoms with Crippen molar-refractivity contribution < 1.29 is 18.9 Å². The van der Waals surface area contributed by atoms with Crippen LogP contribution in [0.5, 0.6) is 23.0 Å². The molecule has 0 fully saturated rings. The molecule has 1 heterocycles. The third-order valence-corrected chi connectivity index (χ3v) is 3.49. The maximum atomic E-state index is 5.59. The minimum atomic E-state index is 0.597. The summed E-state index contributed by atoms with van der Waals surface area (Å²) < 4.78 is 21.6. The van der Waals surface area contributed by atoms with Crippen LogP contribution >= 0.6 is 0 Å². The first-order valence-electron chi connectivity index (χ1n) is 7.14. The second-order valence-electron chi connectivity index (χ2n) is 4.90. The van der Waals surface area contributed by atoms with Crippen LogP contribution in [0.2, 0.25) is 0 Å². The highest BCUT2D eigenvalue weighted by atomic mass is 16.6. The number of nitrogens with one attached hydrogen (secondary N) is 1. The van der Waals surface area contributed by atoms with E-state index in [0.717, 1.165) is 22.7 Å². The van der Waals surface area contributed by atoms with Gasteiger partial charge in [0.1, 0.15) is 13.2 Å². The molecule has 2 aromatic rings. The number of anilines is 1. The first-order chi connectivity index (χ1) is 10.8. The highest BCUT2D eigenvalue weighted by molar-refractivity contribution is 5.55. The van der Waals surface area contributed by atoms with E-state index >= 15 is 0 Å². The lowest BCUT2D eigenvalue weighted by Gasteiger charge is -2.19. The Morgan fingerprint density at radius 1 is 0.909 bits per heavy atom. The summed E-state index contributed by atoms with van der Waals surface area (Å²) in [4.78, 5) is 0. The van der Waals surface area contributed by atoms with Crippen LogP contribution in [0.3, 0.4) is 0 Å². The Balaban J connectivity index is 1.69. The molecular weight excluding hydrogens is 282 g/mol. The molecule has 1 aliphatic rings. The normalized spacial score (nSPS) is 12.6. The van der Waals surface area contributed by atoms with Crippen LogP contribution in [-0.2, 0) is 6.54 Å². The van der Waals surface area contributed by atoms with Crippen molar-refractivity contribution in [3.05, 3.63) is 42.0 Å². The maximum Gasteiger partial charge on any atom is 0.162 e. The third kappa shape index (κ3) is 3.03. The molecule has 3 rings (SSSR count). The number of fused-ring (bicyclic) bond motifs is 1. The van der Waals surface area contributed by atoms with Crippen molar-refractivity contribution in [3.8, 4) is 23.0 Å². The predicted octanol–water partition coefficient (Wildman–Crippen LogP) is 3.09. The maximum absolute atomic E-state index is 5.59. The molecule has 0 saturated carbocycles. The van der Waals surface area contributed by atoms with Gasteiger partial charge in [-0.25, -0.2) is 0 Å². The van der Waals surface area contributed by atoms with E-state index in [-0.39, 0.29) is 0 Å². The SMILES string of the molecule is COc1ccc(NCc2ccc3c(c2)OCCO3)cc1OC. The molecule has 0 bridgehead atoms. The van der Waals surface area contributed by atoms with Gasteiger partial charge in [-0.3, -0.25) is 0 Å². The van der Waals surface area contributed by atoms with Crippen molar-refractivity contribution in [3.63, 3.8) is 0 Å². The summed E-state index contributed by atoms with van der Waals surface area (Å²) in [7, 11) is 3.25. The fourth-order valence-corrected chi connectivity index (χ4v) is 2.35. The highest BCUT2D eigenvalue weighted by Crippen LogP contribution is 2.32. The molecule has 2 aromatic carbocycles. The molecular formula is C17H19NO4. The van der Waals surface area contributed by atoms with Crippen LogP contribution < -0.4 is 24.3 Å². The molecule has 0 radical (unpaired) electrons. The zero-order chi connectivity index (χ0) is 15.4. The van der Waals surface area contributed by atoms with Crippen molar-refractivity contribution in [2.45, 2.75) is 6.54 Å². The van der Waals surface area contributed by atoms with Gasteiger partial charge in [0.2, 0.25) is 0 Å². The van der Waals surface area contributed by atoms with Crippen LogP contribution in [0.1, 0.15) is 5.56 Å². The van der Waals surface area contributed by atoms with Crippen molar-refractivity contribution in [2.24, 2.45) is 0 Å². The number of rotatable bonds is 5. The minimum Gasteiger partial charge on any atom is -0.493 e. The van der Waals surface area contributed by atoms with E-state index in [1.54, 1.807) is 14.2 Å². The van der Waals surface area contributed by atoms with E-state index in [4.69, 9.17) is 18.9 Å². The second kappa shape index (κ2) is 6.47. The summed E-state index contributed by atoms with van der Waals surface area (Å²) in [5, 5.41) is 3.36. The van der Waals surface area contributed by atoms with Crippen LogP contribution in [0, 0.1) is 0 Å². The van der Waals surface area contributed by atoms with E-state index in [1.165, 1.54) is 0 Å². The average Bonchev–Trinajstić information content (AvgIpc) is 2.59. The van der Waals surface area contributed by atoms with Crippen LogP contribution in [0.4, 0.5) is 5.69 Å². The molecule has 0 spiro atoms. The van der Waals surface area contributed by atoms with E-state index in [0.29, 0.717) is 31.3 Å². The monoisotopic (exact) mass is 301 g/mol. The predicted molar refractivity (Wildman–Crippen MR) is 84.3 cm³/mol. The molecule has 1 aliphatic heterocycles. The fourth-order valence-electron chi connectivity index (χ4n) is 2.35. The fraction of sp³-hybridized carbons (Fsp3) is 0.294. The first-order valence-corrected chi connectivity index (χ1v) is 7.14. The van der Waals surface area contributed by atoms with Gasteiger partial charge in [-0.1, -0.05) is 6.07 Å². The largest absolute Gasteiger partial charge is 0.493 e. The first kappa shape index (κ1) is 14.4. The Morgan fingerprint density at radius 2 is 1.68 bits per heavy atom. The molecule has 0 amide bonds. The zero-order valence-electron chi connectivity index (χ0n) is 12.7. The molecule has 0 aromatic heterocycles. The summed E-state index contributed by atoms with van der Waals surface area (Å²) in [6.45, 7) is 1.89. The van der Waals surface area contributed by atoms with E-state index in [2.05, 4.69) is 5.32 Å². The number of hydrogen-bond acceptors (Lipinski definition) is 5. The Kier molecular flexibility index (Phi) is 4.23. The van der Waals surface area contributed by atoms with Gasteiger partial charge in [0.05, 0.1) is 14.2 Å². The molecule has 0 unspecified atom stereocenters. The van der Waals surface area contributed by atoms with Gasteiger partial charge in [0.25, 0.3) is 0 Å². The number of methoxy groups -OCH3 is 2. The molecule has 0 aliphatic carbocycles. The van der Waals surface area contributed by atoms with Crippen LogP contribution in [0.15, 0.2) is 36.4 Å². The lowest BCUT2D eigenvalue weighted by Crippen LogP contribution is -2.15.